The minimum absolute atomic E-state index is 0.00926. The maximum Gasteiger partial charge on any atom is 0.311 e. The van der Waals surface area contributed by atoms with E-state index < -0.39 is 4.92 Å². The number of aryl methyl sites for hydroxylation is 2. The summed E-state index contributed by atoms with van der Waals surface area (Å²) >= 11 is 0. The van der Waals surface area contributed by atoms with Crippen LogP contribution >= 0.6 is 0 Å². The molecule has 21 heavy (non-hydrogen) atoms. The van der Waals surface area contributed by atoms with Gasteiger partial charge >= 0.3 is 5.69 Å². The molecule has 1 aromatic rings. The van der Waals surface area contributed by atoms with Crippen LogP contribution in [-0.4, -0.2) is 22.2 Å². The smallest absolute Gasteiger partial charge is 0.311 e. The summed E-state index contributed by atoms with van der Waals surface area (Å²) in [5.41, 5.74) is 1.34. The van der Waals surface area contributed by atoms with Gasteiger partial charge in [-0.3, -0.25) is 10.1 Å². The van der Waals surface area contributed by atoms with Crippen molar-refractivity contribution in [2.24, 2.45) is 5.41 Å². The van der Waals surface area contributed by atoms with E-state index in [1.165, 1.54) is 6.07 Å². The molecule has 1 N–H and O–H groups in total. The summed E-state index contributed by atoms with van der Waals surface area (Å²) in [6.07, 6.45) is 1.58. The Morgan fingerprint density at radius 2 is 2.00 bits per heavy atom. The van der Waals surface area contributed by atoms with E-state index in [1.54, 1.807) is 0 Å². The lowest BCUT2D eigenvalue weighted by atomic mass is 9.60. The summed E-state index contributed by atoms with van der Waals surface area (Å²) < 4.78 is 6.00. The van der Waals surface area contributed by atoms with Gasteiger partial charge in [-0.1, -0.05) is 19.9 Å². The van der Waals surface area contributed by atoms with Crippen molar-refractivity contribution in [1.29, 1.82) is 0 Å². The first-order valence-corrected chi connectivity index (χ1v) is 7.46. The summed E-state index contributed by atoms with van der Waals surface area (Å²) in [6.45, 7) is 7.71. The van der Waals surface area contributed by atoms with Crippen molar-refractivity contribution in [2.75, 3.05) is 0 Å². The van der Waals surface area contributed by atoms with E-state index >= 15 is 0 Å². The van der Waals surface area contributed by atoms with Crippen molar-refractivity contribution in [1.82, 2.24) is 0 Å². The second-order valence-electron chi connectivity index (χ2n) is 5.99. The highest BCUT2D eigenvalue weighted by atomic mass is 16.6. The Kier molecular flexibility index (Phi) is 4.23. The number of benzene rings is 1. The van der Waals surface area contributed by atoms with Gasteiger partial charge < -0.3 is 9.84 Å². The zero-order valence-corrected chi connectivity index (χ0v) is 13.0. The van der Waals surface area contributed by atoms with E-state index in [9.17, 15) is 15.2 Å². The first kappa shape index (κ1) is 15.8. The summed E-state index contributed by atoms with van der Waals surface area (Å²) in [6, 6.07) is 3.42. The third-order valence-corrected chi connectivity index (χ3v) is 4.91. The number of hydrogen-bond donors (Lipinski definition) is 1. The largest absolute Gasteiger partial charge is 0.483 e. The van der Waals surface area contributed by atoms with Crippen molar-refractivity contribution < 1.29 is 14.8 Å². The predicted octanol–water partition coefficient (Wildman–Crippen LogP) is 3.53. The van der Waals surface area contributed by atoms with Crippen molar-refractivity contribution in [3.63, 3.8) is 0 Å². The van der Waals surface area contributed by atoms with Gasteiger partial charge in [0.2, 0.25) is 0 Å². The van der Waals surface area contributed by atoms with Gasteiger partial charge in [0.1, 0.15) is 6.10 Å². The molecule has 0 aliphatic heterocycles. The van der Waals surface area contributed by atoms with Crippen LogP contribution in [0, 0.1) is 29.4 Å². The quantitative estimate of drug-likeness (QED) is 0.666. The Morgan fingerprint density at radius 1 is 1.38 bits per heavy atom. The molecule has 116 valence electrons. The van der Waals surface area contributed by atoms with Crippen LogP contribution in [0.3, 0.4) is 0 Å². The van der Waals surface area contributed by atoms with Crippen LogP contribution in [0.5, 0.6) is 5.75 Å². The highest BCUT2D eigenvalue weighted by molar-refractivity contribution is 5.53. The molecule has 1 aliphatic rings. The van der Waals surface area contributed by atoms with Crippen LogP contribution in [0.15, 0.2) is 12.1 Å². The Labute approximate surface area is 125 Å². The Bertz CT molecular complexity index is 551. The van der Waals surface area contributed by atoms with E-state index in [0.717, 1.165) is 24.0 Å². The fraction of sp³-hybridized carbons (Fsp3) is 0.625. The van der Waals surface area contributed by atoms with E-state index in [4.69, 9.17) is 4.74 Å². The number of nitro benzene ring substituents is 1. The number of rotatable bonds is 5. The van der Waals surface area contributed by atoms with Gasteiger partial charge in [-0.2, -0.15) is 0 Å². The lowest BCUT2D eigenvalue weighted by Crippen LogP contribution is -2.59. The first-order chi connectivity index (χ1) is 9.85. The summed E-state index contributed by atoms with van der Waals surface area (Å²) in [5, 5.41) is 21.3. The minimum atomic E-state index is -0.399. The van der Waals surface area contributed by atoms with E-state index in [0.29, 0.717) is 12.2 Å². The minimum Gasteiger partial charge on any atom is -0.483 e. The van der Waals surface area contributed by atoms with Crippen molar-refractivity contribution >= 4 is 5.69 Å². The zero-order valence-electron chi connectivity index (χ0n) is 13.0. The van der Waals surface area contributed by atoms with Gasteiger partial charge in [-0.05, 0) is 37.8 Å². The zero-order chi connectivity index (χ0) is 15.8. The molecule has 1 fully saturated rings. The topological polar surface area (TPSA) is 72.6 Å². The van der Waals surface area contributed by atoms with Gasteiger partial charge in [0.15, 0.2) is 5.75 Å². The first-order valence-electron chi connectivity index (χ1n) is 7.46. The lowest BCUT2D eigenvalue weighted by molar-refractivity contribution is -0.386. The SMILES string of the molecule is CCC1(CC)C(O)CC1Oc1c(C)cc(C)cc1[N+](=O)[O-]. The molecular weight excluding hydrogens is 270 g/mol. The molecule has 0 amide bonds. The number of aliphatic hydroxyl groups excluding tert-OH is 1. The predicted molar refractivity (Wildman–Crippen MR) is 80.6 cm³/mol. The average Bonchev–Trinajstić information content (AvgIpc) is 2.41. The highest BCUT2D eigenvalue weighted by Crippen LogP contribution is 2.50. The highest BCUT2D eigenvalue weighted by Gasteiger charge is 2.54. The van der Waals surface area contributed by atoms with Crippen molar-refractivity contribution in [3.05, 3.63) is 33.4 Å². The molecule has 1 aromatic carbocycles. The van der Waals surface area contributed by atoms with Crippen molar-refractivity contribution in [2.45, 2.75) is 59.2 Å². The standard InChI is InChI=1S/C16H23NO4/c1-5-16(6-2)13(18)9-14(16)21-15-11(4)7-10(3)8-12(15)17(19)20/h7-8,13-14,18H,5-6,9H2,1-4H3. The van der Waals surface area contributed by atoms with Crippen LogP contribution in [-0.2, 0) is 0 Å². The summed E-state index contributed by atoms with van der Waals surface area (Å²) in [5.74, 6) is 0.341. The molecule has 2 rings (SSSR count). The van der Waals surface area contributed by atoms with Gasteiger partial charge in [0, 0.05) is 17.9 Å². The third-order valence-electron chi connectivity index (χ3n) is 4.91. The number of nitro groups is 1. The molecule has 2 atom stereocenters. The second kappa shape index (κ2) is 5.64. The molecule has 1 aliphatic carbocycles. The fourth-order valence-corrected chi connectivity index (χ4v) is 3.43. The van der Waals surface area contributed by atoms with Gasteiger partial charge in [-0.25, -0.2) is 0 Å². The summed E-state index contributed by atoms with van der Waals surface area (Å²) in [4.78, 5) is 10.9. The summed E-state index contributed by atoms with van der Waals surface area (Å²) in [7, 11) is 0. The molecule has 5 nitrogen and oxygen atoms in total. The van der Waals surface area contributed by atoms with Gasteiger partial charge in [0.25, 0.3) is 0 Å². The van der Waals surface area contributed by atoms with Gasteiger partial charge in [-0.15, -0.1) is 0 Å². The molecule has 0 saturated heterocycles. The van der Waals surface area contributed by atoms with E-state index in [2.05, 4.69) is 0 Å². The molecule has 0 heterocycles. The van der Waals surface area contributed by atoms with Crippen LogP contribution in [0.1, 0.15) is 44.2 Å². The van der Waals surface area contributed by atoms with Crippen LogP contribution < -0.4 is 4.74 Å². The Hall–Kier alpha value is -1.62. The molecule has 0 radical (unpaired) electrons. The normalized spacial score (nSPS) is 23.5. The monoisotopic (exact) mass is 293 g/mol. The number of nitrogens with zero attached hydrogens (tertiary/aromatic N) is 1. The van der Waals surface area contributed by atoms with Crippen LogP contribution in [0.25, 0.3) is 0 Å². The van der Waals surface area contributed by atoms with E-state index in [1.807, 2.05) is 33.8 Å². The van der Waals surface area contributed by atoms with Gasteiger partial charge in [0.05, 0.1) is 11.0 Å². The lowest BCUT2D eigenvalue weighted by Gasteiger charge is -2.52. The molecule has 2 unspecified atom stereocenters. The van der Waals surface area contributed by atoms with Crippen LogP contribution in [0.2, 0.25) is 0 Å². The molecule has 1 saturated carbocycles. The number of aliphatic hydroxyl groups is 1. The second-order valence-corrected chi connectivity index (χ2v) is 5.99. The molecule has 0 aromatic heterocycles. The average molecular weight is 293 g/mol. The third kappa shape index (κ3) is 2.50. The maximum absolute atomic E-state index is 11.3. The fourth-order valence-electron chi connectivity index (χ4n) is 3.43. The van der Waals surface area contributed by atoms with Crippen LogP contribution in [0.4, 0.5) is 5.69 Å². The Morgan fingerprint density at radius 3 is 2.48 bits per heavy atom. The molecule has 0 bridgehead atoms. The molecule has 0 spiro atoms. The molecule has 5 heteroatoms. The molecular formula is C16H23NO4. The number of hydrogen-bond acceptors (Lipinski definition) is 4. The van der Waals surface area contributed by atoms with E-state index in [-0.39, 0.29) is 23.3 Å². The van der Waals surface area contributed by atoms with Crippen molar-refractivity contribution in [3.8, 4) is 5.75 Å². The Balaban J connectivity index is 2.34. The maximum atomic E-state index is 11.3. The number of ether oxygens (including phenoxy) is 1.